The van der Waals surface area contributed by atoms with E-state index in [1.165, 1.54) is 0 Å². The van der Waals surface area contributed by atoms with E-state index >= 15 is 0 Å². The average Bonchev–Trinajstić information content (AvgIpc) is 2.28. The summed E-state index contributed by atoms with van der Waals surface area (Å²) in [5.74, 6) is -9.22. The first-order chi connectivity index (χ1) is 6.60. The first kappa shape index (κ1) is 12.5. The van der Waals surface area contributed by atoms with Crippen LogP contribution < -0.4 is 0 Å². The van der Waals surface area contributed by atoms with E-state index in [9.17, 15) is 30.7 Å². The van der Waals surface area contributed by atoms with Crippen LogP contribution in [-0.4, -0.2) is 36.7 Å². The summed E-state index contributed by atoms with van der Waals surface area (Å²) in [4.78, 5) is 0. The van der Waals surface area contributed by atoms with Gasteiger partial charge in [0.1, 0.15) is 6.67 Å². The van der Waals surface area contributed by atoms with E-state index in [0.717, 1.165) is 0 Å². The van der Waals surface area contributed by atoms with Gasteiger partial charge in [-0.1, -0.05) is 0 Å². The van der Waals surface area contributed by atoms with E-state index in [1.807, 2.05) is 0 Å². The molecule has 4 atom stereocenters. The Balaban J connectivity index is 3.20. The monoisotopic (exact) mass is 240 g/mol. The topological polar surface area (TPSA) is 9.23 Å². The van der Waals surface area contributed by atoms with E-state index in [4.69, 9.17) is 0 Å². The zero-order chi connectivity index (χ0) is 12.1. The first-order valence-corrected chi connectivity index (χ1v) is 3.88. The molecule has 1 aliphatic rings. The van der Waals surface area contributed by atoms with Crippen LogP contribution >= 0.6 is 0 Å². The van der Waals surface area contributed by atoms with Crippen LogP contribution in [-0.2, 0) is 4.74 Å². The summed E-state index contributed by atoms with van der Waals surface area (Å²) >= 11 is 0. The zero-order valence-electron chi connectivity index (χ0n) is 7.42. The molecule has 0 saturated carbocycles. The molecular formula is C7H7F7O. The second-order valence-electron chi connectivity index (χ2n) is 3.35. The fraction of sp³-hybridized carbons (Fsp3) is 1.00. The zero-order valence-corrected chi connectivity index (χ0v) is 7.42. The highest BCUT2D eigenvalue weighted by Gasteiger charge is 2.78. The predicted molar refractivity (Wildman–Crippen MR) is 35.2 cm³/mol. The normalized spacial score (nSPS) is 47.2. The van der Waals surface area contributed by atoms with Crippen molar-refractivity contribution in [3.63, 3.8) is 0 Å². The van der Waals surface area contributed by atoms with Crippen LogP contribution in [0.4, 0.5) is 30.7 Å². The maximum Gasteiger partial charge on any atom is 0.315 e. The molecule has 1 rings (SSSR count). The summed E-state index contributed by atoms with van der Waals surface area (Å²) in [5.41, 5.74) is -4.34. The second-order valence-corrected chi connectivity index (χ2v) is 3.35. The molecule has 1 saturated heterocycles. The molecule has 0 aromatic carbocycles. The van der Waals surface area contributed by atoms with Gasteiger partial charge in [-0.15, -0.1) is 0 Å². The average molecular weight is 240 g/mol. The van der Waals surface area contributed by atoms with Crippen molar-refractivity contribution in [2.24, 2.45) is 0 Å². The number of hydrogen-bond acceptors (Lipinski definition) is 1. The standard InChI is InChI=1S/C7H7F7O/c1-5(11,12)7(14)6(13,2-8)3(9)4(10)15-7/h3-4H,2H2,1H3. The summed E-state index contributed by atoms with van der Waals surface area (Å²) in [5, 5.41) is 0. The van der Waals surface area contributed by atoms with E-state index in [0.29, 0.717) is 0 Å². The van der Waals surface area contributed by atoms with Gasteiger partial charge in [0.15, 0.2) is 6.17 Å². The maximum atomic E-state index is 13.3. The van der Waals surface area contributed by atoms with Crippen molar-refractivity contribution in [2.45, 2.75) is 36.9 Å². The van der Waals surface area contributed by atoms with Crippen LogP contribution in [0.15, 0.2) is 0 Å². The van der Waals surface area contributed by atoms with Gasteiger partial charge in [-0.2, -0.15) is 0 Å². The van der Waals surface area contributed by atoms with Crippen molar-refractivity contribution in [3.8, 4) is 0 Å². The minimum absolute atomic E-state index is 0.151. The van der Waals surface area contributed by atoms with E-state index in [-0.39, 0.29) is 6.92 Å². The van der Waals surface area contributed by atoms with E-state index in [1.54, 1.807) is 0 Å². The van der Waals surface area contributed by atoms with Crippen molar-refractivity contribution >= 4 is 0 Å². The largest absolute Gasteiger partial charge is 0.315 e. The Morgan fingerprint density at radius 2 is 1.73 bits per heavy atom. The maximum absolute atomic E-state index is 13.3. The molecule has 0 radical (unpaired) electrons. The number of halogens is 7. The van der Waals surface area contributed by atoms with Gasteiger partial charge in [0.2, 0.25) is 12.0 Å². The van der Waals surface area contributed by atoms with Gasteiger partial charge in [0.05, 0.1) is 0 Å². The van der Waals surface area contributed by atoms with Gasteiger partial charge in [0, 0.05) is 6.92 Å². The highest BCUT2D eigenvalue weighted by Crippen LogP contribution is 2.53. The van der Waals surface area contributed by atoms with E-state index in [2.05, 4.69) is 4.74 Å². The lowest BCUT2D eigenvalue weighted by atomic mass is 9.91. The van der Waals surface area contributed by atoms with E-state index < -0.39 is 36.7 Å². The number of hydrogen-bond donors (Lipinski definition) is 0. The van der Waals surface area contributed by atoms with Crippen molar-refractivity contribution < 1.29 is 35.5 Å². The van der Waals surface area contributed by atoms with Crippen LogP contribution in [0, 0.1) is 0 Å². The van der Waals surface area contributed by atoms with Crippen LogP contribution in [0.1, 0.15) is 6.92 Å². The second kappa shape index (κ2) is 3.23. The highest BCUT2D eigenvalue weighted by molar-refractivity contribution is 5.11. The predicted octanol–water partition coefficient (Wildman–Crippen LogP) is 2.65. The quantitative estimate of drug-likeness (QED) is 0.674. The molecule has 1 heterocycles. The first-order valence-electron chi connectivity index (χ1n) is 3.88. The van der Waals surface area contributed by atoms with Gasteiger partial charge in [-0.25, -0.2) is 30.7 Å². The molecule has 0 bridgehead atoms. The third-order valence-electron chi connectivity index (χ3n) is 2.24. The molecule has 1 aliphatic heterocycles. The lowest BCUT2D eigenvalue weighted by Crippen LogP contribution is -2.59. The molecular weight excluding hydrogens is 233 g/mol. The van der Waals surface area contributed by atoms with Gasteiger partial charge < -0.3 is 4.74 Å². The summed E-state index contributed by atoms with van der Waals surface area (Å²) in [6, 6.07) is 0. The number of ether oxygens (including phenoxy) is 1. The van der Waals surface area contributed by atoms with Gasteiger partial charge >= 0.3 is 11.8 Å². The molecule has 0 N–H and O–H groups in total. The Bertz CT molecular complexity index is 254. The van der Waals surface area contributed by atoms with Crippen molar-refractivity contribution in [2.75, 3.05) is 6.67 Å². The number of alkyl halides is 7. The molecule has 0 spiro atoms. The minimum Gasteiger partial charge on any atom is -0.301 e. The van der Waals surface area contributed by atoms with Gasteiger partial charge in [-0.3, -0.25) is 0 Å². The summed E-state index contributed by atoms with van der Waals surface area (Å²) in [6.45, 7) is -2.60. The molecule has 0 aromatic rings. The third-order valence-corrected chi connectivity index (χ3v) is 2.24. The van der Waals surface area contributed by atoms with Crippen molar-refractivity contribution in [1.29, 1.82) is 0 Å². The molecule has 90 valence electrons. The molecule has 15 heavy (non-hydrogen) atoms. The fourth-order valence-corrected chi connectivity index (χ4v) is 1.33. The molecule has 0 aliphatic carbocycles. The third kappa shape index (κ3) is 1.41. The molecule has 1 fully saturated rings. The lowest BCUT2D eigenvalue weighted by molar-refractivity contribution is -0.311. The van der Waals surface area contributed by atoms with Gasteiger partial charge in [0.25, 0.3) is 0 Å². The fourth-order valence-electron chi connectivity index (χ4n) is 1.33. The lowest BCUT2D eigenvalue weighted by Gasteiger charge is -2.33. The SMILES string of the molecule is CC(F)(F)C1(F)OC(F)C(F)C1(F)CF. The Labute approximate surface area is 80.2 Å². The van der Waals surface area contributed by atoms with Crippen LogP contribution in [0.2, 0.25) is 0 Å². The Morgan fingerprint density at radius 1 is 1.27 bits per heavy atom. The molecule has 8 heteroatoms. The molecule has 0 amide bonds. The van der Waals surface area contributed by atoms with Crippen LogP contribution in [0.25, 0.3) is 0 Å². The summed E-state index contributed by atoms with van der Waals surface area (Å²) < 4.78 is 92.3. The Morgan fingerprint density at radius 3 is 2.00 bits per heavy atom. The van der Waals surface area contributed by atoms with Crippen molar-refractivity contribution in [3.05, 3.63) is 0 Å². The Hall–Kier alpha value is -0.530. The summed E-state index contributed by atoms with van der Waals surface area (Å²) in [7, 11) is 0. The molecule has 1 nitrogen and oxygen atoms in total. The minimum atomic E-state index is -4.65. The molecule has 4 unspecified atom stereocenters. The number of rotatable bonds is 2. The molecule has 0 aromatic heterocycles. The van der Waals surface area contributed by atoms with Gasteiger partial charge in [-0.05, 0) is 0 Å². The highest BCUT2D eigenvalue weighted by atomic mass is 19.3. The summed E-state index contributed by atoms with van der Waals surface area (Å²) in [6.07, 6.45) is -6.69. The van der Waals surface area contributed by atoms with Crippen LogP contribution in [0.3, 0.4) is 0 Å². The van der Waals surface area contributed by atoms with Crippen LogP contribution in [0.5, 0.6) is 0 Å². The Kier molecular flexibility index (Phi) is 2.70. The smallest absolute Gasteiger partial charge is 0.301 e. The van der Waals surface area contributed by atoms with Crippen molar-refractivity contribution in [1.82, 2.24) is 0 Å².